The van der Waals surface area contributed by atoms with Gasteiger partial charge in [-0.3, -0.25) is 14.8 Å². The summed E-state index contributed by atoms with van der Waals surface area (Å²) in [6.07, 6.45) is 7.04. The summed E-state index contributed by atoms with van der Waals surface area (Å²) in [5.74, 6) is 3.74. The van der Waals surface area contributed by atoms with E-state index in [4.69, 9.17) is 9.97 Å². The van der Waals surface area contributed by atoms with Gasteiger partial charge in [0.15, 0.2) is 5.65 Å². The van der Waals surface area contributed by atoms with E-state index in [1.54, 1.807) is 0 Å². The van der Waals surface area contributed by atoms with Crippen molar-refractivity contribution in [3.8, 4) is 0 Å². The Morgan fingerprint density at radius 2 is 1.62 bits per heavy atom. The fraction of sp³-hybridized carbons (Fsp3) is 0.571. The molecule has 2 fully saturated rings. The third kappa shape index (κ3) is 10.3. The monoisotopic (exact) mass is 726 g/mol. The quantitative estimate of drug-likeness (QED) is 0.131. The molecule has 0 bridgehead atoms. The molecule has 3 N–H and O–H groups in total. The van der Waals surface area contributed by atoms with Gasteiger partial charge in [-0.1, -0.05) is 72.6 Å². The SMILES string of the molecule is CCC(C)C(C)C.Cc1cc(C2CCN(C(=O)CN3CCCCC3)CC2)c(C)cc1Nc1nc(Nc2ccccc2SC(C)C)c2c(C)[nH]nc2n1. The van der Waals surface area contributed by atoms with Gasteiger partial charge >= 0.3 is 0 Å². The second-order valence-corrected chi connectivity index (χ2v) is 17.1. The Labute approximate surface area is 316 Å². The first kappa shape index (κ1) is 39.6. The number of rotatable bonds is 11. The molecule has 4 heterocycles. The third-order valence-electron chi connectivity index (χ3n) is 10.8. The lowest BCUT2D eigenvalue weighted by molar-refractivity contribution is -0.133. The predicted octanol–water partition coefficient (Wildman–Crippen LogP) is 10.1. The van der Waals surface area contributed by atoms with Gasteiger partial charge in [-0.15, -0.1) is 11.8 Å². The van der Waals surface area contributed by atoms with E-state index in [0.29, 0.717) is 35.2 Å². The summed E-state index contributed by atoms with van der Waals surface area (Å²) in [7, 11) is 0. The predicted molar refractivity (Wildman–Crippen MR) is 219 cm³/mol. The normalized spacial score (nSPS) is 16.2. The van der Waals surface area contributed by atoms with Crippen LogP contribution in [0.4, 0.5) is 23.1 Å². The number of para-hydroxylation sites is 1. The van der Waals surface area contributed by atoms with Crippen LogP contribution >= 0.6 is 11.8 Å². The molecule has 0 radical (unpaired) electrons. The van der Waals surface area contributed by atoms with Crippen molar-refractivity contribution in [2.45, 2.75) is 117 Å². The molecule has 2 aromatic carbocycles. The van der Waals surface area contributed by atoms with Gasteiger partial charge in [-0.2, -0.15) is 15.1 Å². The second kappa shape index (κ2) is 18.4. The number of fused-ring (bicyclic) bond motifs is 1. The first-order valence-electron chi connectivity index (χ1n) is 19.6. The van der Waals surface area contributed by atoms with Crippen LogP contribution in [-0.2, 0) is 4.79 Å². The standard InChI is InChI=1S/C35H46N8OS.C7H16/c1-22(2)45-30-12-8-7-11-28(30)36-33-32-25(5)40-41-34(32)39-35(38-33)37-29-20-23(3)27(19-24(29)4)26-13-17-43(18-14-26)31(44)21-42-15-9-6-10-16-42;1-5-7(4)6(2)3/h7-8,11-12,19-20,22,26H,6,9-10,13-18,21H2,1-5H3,(H3,36,37,38,39,40,41);6-7H,5H2,1-4H3. The molecule has 10 heteroatoms. The van der Waals surface area contributed by atoms with Gasteiger partial charge in [-0.25, -0.2) is 0 Å². The third-order valence-corrected chi connectivity index (χ3v) is 11.9. The summed E-state index contributed by atoms with van der Waals surface area (Å²) < 4.78 is 0. The smallest absolute Gasteiger partial charge is 0.236 e. The number of amides is 1. The van der Waals surface area contributed by atoms with E-state index >= 15 is 0 Å². The molecule has 1 amide bonds. The van der Waals surface area contributed by atoms with Gasteiger partial charge < -0.3 is 15.5 Å². The van der Waals surface area contributed by atoms with Gasteiger partial charge in [0.05, 0.1) is 17.6 Å². The van der Waals surface area contributed by atoms with Crippen LogP contribution in [0.1, 0.15) is 108 Å². The number of likely N-dealkylation sites (tertiary alicyclic amines) is 2. The molecular weight excluding hydrogens is 665 g/mol. The highest BCUT2D eigenvalue weighted by atomic mass is 32.2. The molecule has 2 aromatic heterocycles. The van der Waals surface area contributed by atoms with Gasteiger partial charge in [0, 0.05) is 34.6 Å². The summed E-state index contributed by atoms with van der Waals surface area (Å²) in [5, 5.41) is 16.0. The van der Waals surface area contributed by atoms with Crippen molar-refractivity contribution in [2.75, 3.05) is 43.4 Å². The van der Waals surface area contributed by atoms with Crippen molar-refractivity contribution in [1.29, 1.82) is 0 Å². The Hall–Kier alpha value is -3.63. The Bertz CT molecular complexity index is 1770. The summed E-state index contributed by atoms with van der Waals surface area (Å²) in [4.78, 5) is 28.3. The zero-order valence-electron chi connectivity index (χ0n) is 33.1. The Morgan fingerprint density at radius 3 is 2.27 bits per heavy atom. The number of anilines is 4. The number of aromatic amines is 1. The first-order valence-corrected chi connectivity index (χ1v) is 20.4. The number of H-pyrrole nitrogens is 1. The molecule has 282 valence electrons. The summed E-state index contributed by atoms with van der Waals surface area (Å²) >= 11 is 1.82. The number of hydrogen-bond donors (Lipinski definition) is 3. The number of nitrogens with one attached hydrogen (secondary N) is 3. The number of benzene rings is 2. The van der Waals surface area contributed by atoms with Crippen LogP contribution in [0, 0.1) is 32.6 Å². The summed E-state index contributed by atoms with van der Waals surface area (Å²) in [6, 6.07) is 12.8. The second-order valence-electron chi connectivity index (χ2n) is 15.5. The van der Waals surface area contributed by atoms with E-state index in [-0.39, 0.29) is 0 Å². The molecule has 0 saturated carbocycles. The first-order chi connectivity index (χ1) is 24.9. The fourth-order valence-corrected chi connectivity index (χ4v) is 8.03. The summed E-state index contributed by atoms with van der Waals surface area (Å²) in [5.41, 5.74) is 7.31. The molecule has 6 rings (SSSR count). The number of piperidine rings is 2. The molecule has 4 aromatic rings. The molecule has 2 aliphatic rings. The molecular formula is C42H62N8OS. The van der Waals surface area contributed by atoms with Crippen molar-refractivity contribution in [1.82, 2.24) is 30.0 Å². The minimum absolute atomic E-state index is 0.294. The maximum Gasteiger partial charge on any atom is 0.236 e. The molecule has 9 nitrogen and oxygen atoms in total. The van der Waals surface area contributed by atoms with E-state index in [1.165, 1.54) is 41.7 Å². The molecule has 52 heavy (non-hydrogen) atoms. The number of aromatic nitrogens is 4. The van der Waals surface area contributed by atoms with E-state index in [1.807, 2.05) is 24.8 Å². The topological polar surface area (TPSA) is 102 Å². The van der Waals surface area contributed by atoms with Crippen LogP contribution in [0.25, 0.3) is 11.0 Å². The van der Waals surface area contributed by atoms with E-state index < -0.39 is 0 Å². The van der Waals surface area contributed by atoms with Crippen LogP contribution in [0.5, 0.6) is 0 Å². The number of carbonyl (C=O) groups is 1. The minimum atomic E-state index is 0.294. The maximum atomic E-state index is 13.0. The average Bonchev–Trinajstić information content (AvgIpc) is 3.51. The molecule has 2 saturated heterocycles. The molecule has 1 atom stereocenters. The average molecular weight is 727 g/mol. The maximum absolute atomic E-state index is 13.0. The van der Waals surface area contributed by atoms with Gasteiger partial charge in [0.25, 0.3) is 0 Å². The number of aryl methyl sites for hydroxylation is 3. The van der Waals surface area contributed by atoms with Crippen LogP contribution in [-0.4, -0.2) is 73.8 Å². The van der Waals surface area contributed by atoms with Crippen LogP contribution in [0.2, 0.25) is 0 Å². The zero-order valence-corrected chi connectivity index (χ0v) is 33.9. The van der Waals surface area contributed by atoms with E-state index in [2.05, 4.69) is 116 Å². The highest BCUT2D eigenvalue weighted by molar-refractivity contribution is 8.00. The number of nitrogens with zero attached hydrogens (tertiary/aromatic N) is 5. The lowest BCUT2D eigenvalue weighted by Gasteiger charge is -2.35. The minimum Gasteiger partial charge on any atom is -0.342 e. The van der Waals surface area contributed by atoms with Crippen molar-refractivity contribution in [3.63, 3.8) is 0 Å². The fourth-order valence-electron chi connectivity index (χ4n) is 7.12. The molecule has 0 aliphatic carbocycles. The molecule has 2 aliphatic heterocycles. The lowest BCUT2D eigenvalue weighted by Crippen LogP contribution is -2.45. The summed E-state index contributed by atoms with van der Waals surface area (Å²) in [6.45, 7) is 24.2. The van der Waals surface area contributed by atoms with Gasteiger partial charge in [0.2, 0.25) is 11.9 Å². The van der Waals surface area contributed by atoms with Crippen molar-refractivity contribution >= 4 is 51.8 Å². The van der Waals surface area contributed by atoms with Gasteiger partial charge in [-0.05, 0) is 112 Å². The van der Waals surface area contributed by atoms with Crippen LogP contribution < -0.4 is 10.6 Å². The van der Waals surface area contributed by atoms with Crippen molar-refractivity contribution in [2.24, 2.45) is 11.8 Å². The Kier molecular flexibility index (Phi) is 14.0. The number of carbonyl (C=O) groups excluding carboxylic acids is 1. The number of hydrogen-bond acceptors (Lipinski definition) is 8. The zero-order chi connectivity index (χ0) is 37.4. The number of thioether (sulfide) groups is 1. The van der Waals surface area contributed by atoms with Crippen molar-refractivity contribution in [3.05, 3.63) is 58.8 Å². The van der Waals surface area contributed by atoms with Crippen LogP contribution in [0.3, 0.4) is 0 Å². The van der Waals surface area contributed by atoms with Crippen molar-refractivity contribution < 1.29 is 4.79 Å². The molecule has 0 spiro atoms. The lowest BCUT2D eigenvalue weighted by atomic mass is 9.85. The largest absolute Gasteiger partial charge is 0.342 e. The van der Waals surface area contributed by atoms with Gasteiger partial charge in [0.1, 0.15) is 5.82 Å². The highest BCUT2D eigenvalue weighted by Gasteiger charge is 2.27. The highest BCUT2D eigenvalue weighted by Crippen LogP contribution is 2.36. The van der Waals surface area contributed by atoms with Crippen LogP contribution in [0.15, 0.2) is 41.3 Å². The molecule has 1 unspecified atom stereocenters. The Balaban J connectivity index is 0.000000679. The van der Waals surface area contributed by atoms with E-state index in [0.717, 1.165) is 84.7 Å². The Morgan fingerprint density at radius 1 is 0.904 bits per heavy atom. The van der Waals surface area contributed by atoms with E-state index in [9.17, 15) is 4.79 Å².